The number of benzene rings is 2. The van der Waals surface area contributed by atoms with Crippen LogP contribution in [0.3, 0.4) is 0 Å². The summed E-state index contributed by atoms with van der Waals surface area (Å²) < 4.78 is 25.7. The molecule has 2 aliphatic heterocycles. The third-order valence-electron chi connectivity index (χ3n) is 5.53. The molecule has 0 saturated carbocycles. The van der Waals surface area contributed by atoms with Crippen molar-refractivity contribution >= 4 is 17.1 Å². The monoisotopic (exact) mass is 407 g/mol. The Kier molecular flexibility index (Phi) is 5.19. The van der Waals surface area contributed by atoms with Gasteiger partial charge in [-0.05, 0) is 35.2 Å². The molecule has 1 aromatic heterocycles. The molecule has 5 rings (SSSR count). The van der Waals surface area contributed by atoms with Crippen LogP contribution in [0.4, 0.5) is 4.39 Å². The maximum atomic E-state index is 13.7. The van der Waals surface area contributed by atoms with Crippen LogP contribution in [-0.2, 0) is 4.74 Å². The first-order chi connectivity index (χ1) is 14.3. The number of nitrogens with zero attached hydrogens (tertiary/aromatic N) is 1. The zero-order valence-electron chi connectivity index (χ0n) is 16.0. The summed E-state index contributed by atoms with van der Waals surface area (Å²) in [5, 5.41) is 2.07. The fourth-order valence-corrected chi connectivity index (χ4v) is 4.86. The summed E-state index contributed by atoms with van der Waals surface area (Å²) in [7, 11) is 0. The van der Waals surface area contributed by atoms with Crippen LogP contribution in [-0.4, -0.2) is 37.7 Å². The molecular weight excluding hydrogens is 385 g/mol. The third kappa shape index (κ3) is 3.73. The zero-order chi connectivity index (χ0) is 19.6. The van der Waals surface area contributed by atoms with Crippen molar-refractivity contribution in [1.29, 1.82) is 0 Å². The van der Waals surface area contributed by atoms with Gasteiger partial charge in [0.15, 0.2) is 0 Å². The van der Waals surface area contributed by atoms with Gasteiger partial charge in [0, 0.05) is 36.7 Å². The first-order valence-corrected chi connectivity index (χ1v) is 10.8. The molecule has 0 unspecified atom stereocenters. The van der Waals surface area contributed by atoms with E-state index in [1.54, 1.807) is 23.5 Å². The van der Waals surface area contributed by atoms with Gasteiger partial charge in [0.1, 0.15) is 17.3 Å². The molecular formula is C24H22FNO2S. The highest BCUT2D eigenvalue weighted by Gasteiger charge is 2.33. The predicted molar refractivity (Wildman–Crippen MR) is 114 cm³/mol. The van der Waals surface area contributed by atoms with Gasteiger partial charge in [-0.3, -0.25) is 4.90 Å². The van der Waals surface area contributed by atoms with Crippen LogP contribution < -0.4 is 4.74 Å². The summed E-state index contributed by atoms with van der Waals surface area (Å²) >= 11 is 1.68. The minimum Gasteiger partial charge on any atom is -0.456 e. The molecule has 1 atom stereocenters. The Bertz CT molecular complexity index is 1010. The van der Waals surface area contributed by atoms with Gasteiger partial charge in [-0.1, -0.05) is 36.4 Å². The van der Waals surface area contributed by atoms with Crippen LogP contribution in [0.5, 0.6) is 5.75 Å². The Morgan fingerprint density at radius 3 is 2.52 bits per heavy atom. The average Bonchev–Trinajstić information content (AvgIpc) is 3.30. The summed E-state index contributed by atoms with van der Waals surface area (Å²) in [6.07, 6.45) is 0. The molecule has 0 amide bonds. The Hall–Kier alpha value is -2.47. The number of fused-ring (bicyclic) bond motifs is 1. The maximum Gasteiger partial charge on any atom is 0.146 e. The van der Waals surface area contributed by atoms with Crippen molar-refractivity contribution in [2.75, 3.05) is 32.8 Å². The molecule has 0 radical (unpaired) electrons. The highest BCUT2D eigenvalue weighted by molar-refractivity contribution is 7.11. The zero-order valence-corrected chi connectivity index (χ0v) is 16.8. The number of ether oxygens (including phenoxy) is 2. The van der Waals surface area contributed by atoms with Crippen LogP contribution in [0.2, 0.25) is 0 Å². The Balaban J connectivity index is 1.66. The van der Waals surface area contributed by atoms with Crippen molar-refractivity contribution in [1.82, 2.24) is 4.90 Å². The average molecular weight is 408 g/mol. The first-order valence-electron chi connectivity index (χ1n) is 9.89. The van der Waals surface area contributed by atoms with Crippen LogP contribution in [0.15, 0.2) is 71.6 Å². The van der Waals surface area contributed by atoms with E-state index in [0.717, 1.165) is 60.4 Å². The van der Waals surface area contributed by atoms with E-state index in [4.69, 9.17) is 9.47 Å². The Morgan fingerprint density at radius 1 is 0.966 bits per heavy atom. The predicted octanol–water partition coefficient (Wildman–Crippen LogP) is 5.16. The van der Waals surface area contributed by atoms with E-state index in [0.29, 0.717) is 0 Å². The van der Waals surface area contributed by atoms with E-state index >= 15 is 0 Å². The van der Waals surface area contributed by atoms with E-state index in [2.05, 4.69) is 28.5 Å². The molecule has 148 valence electrons. The van der Waals surface area contributed by atoms with Crippen LogP contribution in [0.25, 0.3) is 5.76 Å². The van der Waals surface area contributed by atoms with Gasteiger partial charge in [-0.2, -0.15) is 0 Å². The second kappa shape index (κ2) is 8.11. The van der Waals surface area contributed by atoms with Gasteiger partial charge in [0.2, 0.25) is 0 Å². The molecule has 0 aliphatic carbocycles. The fourth-order valence-electron chi connectivity index (χ4n) is 4.12. The Labute approximate surface area is 174 Å². The lowest BCUT2D eigenvalue weighted by Gasteiger charge is -2.35. The highest BCUT2D eigenvalue weighted by atomic mass is 32.1. The number of hydrogen-bond acceptors (Lipinski definition) is 4. The second-order valence-electron chi connectivity index (χ2n) is 7.34. The molecule has 29 heavy (non-hydrogen) atoms. The van der Waals surface area contributed by atoms with E-state index < -0.39 is 0 Å². The standard InChI is InChI=1S/C24H22FNO2S/c25-18-9-7-17(8-10-18)23-19-4-1-2-5-21(19)28-24(22-6-3-15-29-22)20(23)16-26-11-13-27-14-12-26/h1-10,15,23H,11-14,16H2/t23-/m0/s1. The summed E-state index contributed by atoms with van der Waals surface area (Å²) in [6.45, 7) is 4.10. The molecule has 5 heteroatoms. The molecule has 0 bridgehead atoms. The van der Waals surface area contributed by atoms with Crippen molar-refractivity contribution in [2.24, 2.45) is 0 Å². The van der Waals surface area contributed by atoms with Crippen molar-refractivity contribution in [3.8, 4) is 5.75 Å². The summed E-state index contributed by atoms with van der Waals surface area (Å²) in [4.78, 5) is 3.54. The van der Waals surface area contributed by atoms with Crippen molar-refractivity contribution in [2.45, 2.75) is 5.92 Å². The largest absolute Gasteiger partial charge is 0.456 e. The number of halogens is 1. The number of thiophene rings is 1. The van der Waals surface area contributed by atoms with Gasteiger partial charge in [0.25, 0.3) is 0 Å². The van der Waals surface area contributed by atoms with E-state index in [1.807, 2.05) is 30.3 Å². The smallest absolute Gasteiger partial charge is 0.146 e. The van der Waals surface area contributed by atoms with Crippen molar-refractivity contribution < 1.29 is 13.9 Å². The van der Waals surface area contributed by atoms with Crippen LogP contribution in [0.1, 0.15) is 21.9 Å². The van der Waals surface area contributed by atoms with Gasteiger partial charge >= 0.3 is 0 Å². The third-order valence-corrected chi connectivity index (χ3v) is 6.40. The van der Waals surface area contributed by atoms with Crippen LogP contribution in [0, 0.1) is 5.82 Å². The summed E-state index contributed by atoms with van der Waals surface area (Å²) in [5.41, 5.74) is 3.43. The minimum atomic E-state index is -0.216. The summed E-state index contributed by atoms with van der Waals surface area (Å²) in [6, 6.07) is 19.2. The molecule has 2 aromatic carbocycles. The normalized spacial score (nSPS) is 19.7. The fraction of sp³-hybridized carbons (Fsp3) is 0.250. The quantitative estimate of drug-likeness (QED) is 0.597. The summed E-state index contributed by atoms with van der Waals surface area (Å²) in [5.74, 6) is 1.61. The molecule has 3 aromatic rings. The van der Waals surface area contributed by atoms with E-state index in [1.165, 1.54) is 5.57 Å². The molecule has 1 saturated heterocycles. The lowest BCUT2D eigenvalue weighted by molar-refractivity contribution is 0.0417. The van der Waals surface area contributed by atoms with Gasteiger partial charge < -0.3 is 9.47 Å². The number of rotatable bonds is 4. The topological polar surface area (TPSA) is 21.7 Å². The van der Waals surface area contributed by atoms with Crippen molar-refractivity contribution in [3.05, 3.63) is 93.4 Å². The van der Waals surface area contributed by atoms with Crippen LogP contribution >= 0.6 is 11.3 Å². The molecule has 2 aliphatic rings. The molecule has 3 nitrogen and oxygen atoms in total. The van der Waals surface area contributed by atoms with Gasteiger partial charge in [0.05, 0.1) is 18.1 Å². The number of morpholine rings is 1. The number of para-hydroxylation sites is 1. The van der Waals surface area contributed by atoms with E-state index in [9.17, 15) is 4.39 Å². The molecule has 0 spiro atoms. The maximum absolute atomic E-state index is 13.7. The highest BCUT2D eigenvalue weighted by Crippen LogP contribution is 2.46. The Morgan fingerprint density at radius 2 is 1.76 bits per heavy atom. The lowest BCUT2D eigenvalue weighted by Crippen LogP contribution is -2.39. The van der Waals surface area contributed by atoms with Gasteiger partial charge in [-0.15, -0.1) is 11.3 Å². The first kappa shape index (κ1) is 18.6. The van der Waals surface area contributed by atoms with Crippen molar-refractivity contribution in [3.63, 3.8) is 0 Å². The lowest BCUT2D eigenvalue weighted by atomic mass is 9.81. The SMILES string of the molecule is Fc1ccc([C@@H]2C(CN3CCOCC3)=C(c3cccs3)Oc3ccccc32)cc1. The molecule has 0 N–H and O–H groups in total. The van der Waals surface area contributed by atoms with E-state index in [-0.39, 0.29) is 11.7 Å². The number of hydrogen-bond donors (Lipinski definition) is 0. The minimum absolute atomic E-state index is 0.0282. The van der Waals surface area contributed by atoms with Gasteiger partial charge in [-0.25, -0.2) is 4.39 Å². The molecule has 1 fully saturated rings. The second-order valence-corrected chi connectivity index (χ2v) is 8.29. The molecule has 3 heterocycles.